The van der Waals surface area contributed by atoms with Crippen molar-refractivity contribution in [2.45, 2.75) is 25.4 Å². The van der Waals surface area contributed by atoms with Crippen molar-refractivity contribution in [1.82, 2.24) is 4.90 Å². The fraction of sp³-hybridized carbons (Fsp3) is 0.389. The first-order valence-corrected chi connectivity index (χ1v) is 7.94. The number of piperidine rings is 1. The Labute approximate surface area is 135 Å². The lowest BCUT2D eigenvalue weighted by Gasteiger charge is -2.38. The minimum Gasteiger partial charge on any atom is -0.502 e. The van der Waals surface area contributed by atoms with Gasteiger partial charge in [-0.2, -0.15) is 0 Å². The van der Waals surface area contributed by atoms with Gasteiger partial charge in [-0.05, 0) is 32.0 Å². The Morgan fingerprint density at radius 2 is 2.13 bits per heavy atom. The molecule has 0 amide bonds. The second-order valence-electron chi connectivity index (χ2n) is 6.09. The van der Waals surface area contributed by atoms with Crippen molar-refractivity contribution in [3.63, 3.8) is 0 Å². The topological polar surface area (TPSA) is 56.9 Å². The standard InChI is InChI=1S/C18H22N2O3/c1-19(12-16-10-17(21)18(22)13-23-16)15-8-5-9-20(11-15)14-6-3-2-4-7-14/h2-4,6-7,10,13,15,22H,5,8-9,11-12H2,1H3/t15-/m1/s1. The molecule has 1 aromatic heterocycles. The van der Waals surface area contributed by atoms with Crippen molar-refractivity contribution < 1.29 is 9.52 Å². The molecule has 2 heterocycles. The maximum absolute atomic E-state index is 11.5. The molecule has 3 rings (SSSR count). The summed E-state index contributed by atoms with van der Waals surface area (Å²) in [6.45, 7) is 2.59. The third kappa shape index (κ3) is 3.74. The molecule has 1 aliphatic heterocycles. The number of nitrogens with zero attached hydrogens (tertiary/aromatic N) is 2. The molecule has 0 aliphatic carbocycles. The van der Waals surface area contributed by atoms with E-state index in [1.54, 1.807) is 0 Å². The van der Waals surface area contributed by atoms with Gasteiger partial charge >= 0.3 is 0 Å². The van der Waals surface area contributed by atoms with E-state index < -0.39 is 5.43 Å². The van der Waals surface area contributed by atoms with Crippen LogP contribution in [0.5, 0.6) is 5.75 Å². The predicted molar refractivity (Wildman–Crippen MR) is 89.8 cm³/mol. The van der Waals surface area contributed by atoms with Gasteiger partial charge in [0.25, 0.3) is 0 Å². The van der Waals surface area contributed by atoms with Gasteiger partial charge in [0.1, 0.15) is 12.0 Å². The van der Waals surface area contributed by atoms with Gasteiger partial charge in [0, 0.05) is 30.9 Å². The van der Waals surface area contributed by atoms with E-state index in [2.05, 4.69) is 34.1 Å². The van der Waals surface area contributed by atoms with Crippen LogP contribution in [0.4, 0.5) is 5.69 Å². The summed E-state index contributed by atoms with van der Waals surface area (Å²) in [6, 6.07) is 12.2. The second-order valence-corrected chi connectivity index (χ2v) is 6.09. The maximum atomic E-state index is 11.5. The normalized spacial score (nSPS) is 18.3. The predicted octanol–water partition coefficient (Wildman–Crippen LogP) is 2.45. The lowest BCUT2D eigenvalue weighted by Crippen LogP contribution is -2.46. The van der Waals surface area contributed by atoms with Crippen molar-refractivity contribution in [1.29, 1.82) is 0 Å². The van der Waals surface area contributed by atoms with Gasteiger partial charge in [-0.15, -0.1) is 0 Å². The lowest BCUT2D eigenvalue weighted by molar-refractivity contribution is 0.192. The van der Waals surface area contributed by atoms with E-state index in [1.807, 2.05) is 13.1 Å². The van der Waals surface area contributed by atoms with Crippen LogP contribution in [0.15, 0.2) is 51.9 Å². The van der Waals surface area contributed by atoms with Crippen LogP contribution in [0, 0.1) is 0 Å². The monoisotopic (exact) mass is 314 g/mol. The van der Waals surface area contributed by atoms with E-state index in [9.17, 15) is 9.90 Å². The summed E-state index contributed by atoms with van der Waals surface area (Å²) in [7, 11) is 2.05. The average molecular weight is 314 g/mol. The second kappa shape index (κ2) is 6.87. The Kier molecular flexibility index (Phi) is 4.67. The quantitative estimate of drug-likeness (QED) is 0.939. The average Bonchev–Trinajstić information content (AvgIpc) is 2.59. The van der Waals surface area contributed by atoms with E-state index >= 15 is 0 Å². The SMILES string of the molecule is CN(Cc1cc(=O)c(O)co1)[C@@H]1CCCN(c2ccccc2)C1. The van der Waals surface area contributed by atoms with Gasteiger partial charge in [-0.1, -0.05) is 18.2 Å². The molecule has 5 nitrogen and oxygen atoms in total. The van der Waals surface area contributed by atoms with Crippen LogP contribution in [-0.2, 0) is 6.54 Å². The Morgan fingerprint density at radius 3 is 2.87 bits per heavy atom. The highest BCUT2D eigenvalue weighted by Crippen LogP contribution is 2.22. The molecule has 2 aromatic rings. The number of benzene rings is 1. The zero-order valence-electron chi connectivity index (χ0n) is 13.3. The Bertz CT molecular complexity index is 699. The summed E-state index contributed by atoms with van der Waals surface area (Å²) >= 11 is 0. The minimum atomic E-state index is -0.394. The number of aromatic hydroxyl groups is 1. The first kappa shape index (κ1) is 15.6. The number of anilines is 1. The van der Waals surface area contributed by atoms with Crippen LogP contribution >= 0.6 is 0 Å². The summed E-state index contributed by atoms with van der Waals surface area (Å²) in [5, 5.41) is 9.26. The smallest absolute Gasteiger partial charge is 0.226 e. The van der Waals surface area contributed by atoms with E-state index in [1.165, 1.54) is 11.8 Å². The number of para-hydroxylation sites is 1. The zero-order chi connectivity index (χ0) is 16.2. The van der Waals surface area contributed by atoms with Gasteiger partial charge in [0.15, 0.2) is 5.75 Å². The van der Waals surface area contributed by atoms with Crippen LogP contribution in [0.25, 0.3) is 0 Å². The van der Waals surface area contributed by atoms with Gasteiger partial charge < -0.3 is 14.4 Å². The van der Waals surface area contributed by atoms with Crippen molar-refractivity contribution in [2.24, 2.45) is 0 Å². The number of hydrogen-bond donors (Lipinski definition) is 1. The van der Waals surface area contributed by atoms with E-state index in [-0.39, 0.29) is 5.75 Å². The number of hydrogen-bond acceptors (Lipinski definition) is 5. The molecule has 1 atom stereocenters. The molecule has 23 heavy (non-hydrogen) atoms. The highest BCUT2D eigenvalue weighted by molar-refractivity contribution is 5.46. The van der Waals surface area contributed by atoms with Crippen molar-refractivity contribution in [2.75, 3.05) is 25.0 Å². The van der Waals surface area contributed by atoms with Gasteiger partial charge in [-0.3, -0.25) is 9.69 Å². The largest absolute Gasteiger partial charge is 0.502 e. The molecule has 1 fully saturated rings. The summed E-state index contributed by atoms with van der Waals surface area (Å²) in [6.07, 6.45) is 3.38. The molecule has 1 aliphatic rings. The number of likely N-dealkylation sites (N-methyl/N-ethyl adjacent to an activating group) is 1. The molecule has 0 saturated carbocycles. The molecular formula is C18H22N2O3. The minimum absolute atomic E-state index is 0.343. The molecule has 5 heteroatoms. The summed E-state index contributed by atoms with van der Waals surface area (Å²) in [5.41, 5.74) is 0.857. The molecule has 0 radical (unpaired) electrons. The van der Waals surface area contributed by atoms with Crippen molar-refractivity contribution in [3.8, 4) is 5.75 Å². The molecule has 1 aromatic carbocycles. The molecule has 1 N–H and O–H groups in total. The van der Waals surface area contributed by atoms with E-state index in [4.69, 9.17) is 4.42 Å². The highest BCUT2D eigenvalue weighted by atomic mass is 16.4. The van der Waals surface area contributed by atoms with Crippen LogP contribution in [0.3, 0.4) is 0 Å². The molecule has 1 saturated heterocycles. The maximum Gasteiger partial charge on any atom is 0.226 e. The molecule has 0 unspecified atom stereocenters. The Hall–Kier alpha value is -2.27. The van der Waals surface area contributed by atoms with Crippen LogP contribution in [-0.4, -0.2) is 36.2 Å². The summed E-state index contributed by atoms with van der Waals surface area (Å²) in [5.74, 6) is 0.233. The van der Waals surface area contributed by atoms with Gasteiger partial charge in [-0.25, -0.2) is 0 Å². The van der Waals surface area contributed by atoms with E-state index in [0.29, 0.717) is 18.3 Å². The number of rotatable bonds is 4. The zero-order valence-corrected chi connectivity index (χ0v) is 13.3. The molecular weight excluding hydrogens is 292 g/mol. The summed E-state index contributed by atoms with van der Waals surface area (Å²) in [4.78, 5) is 16.1. The lowest BCUT2D eigenvalue weighted by atomic mass is 10.0. The third-order valence-corrected chi connectivity index (χ3v) is 4.41. The molecule has 0 bridgehead atoms. The van der Waals surface area contributed by atoms with Gasteiger partial charge in [0.2, 0.25) is 5.43 Å². The highest BCUT2D eigenvalue weighted by Gasteiger charge is 2.24. The third-order valence-electron chi connectivity index (χ3n) is 4.41. The molecule has 122 valence electrons. The first-order chi connectivity index (χ1) is 11.1. The Balaban J connectivity index is 1.66. The first-order valence-electron chi connectivity index (χ1n) is 7.94. The fourth-order valence-electron chi connectivity index (χ4n) is 3.09. The van der Waals surface area contributed by atoms with Crippen molar-refractivity contribution in [3.05, 3.63) is 58.6 Å². The van der Waals surface area contributed by atoms with Gasteiger partial charge in [0.05, 0.1) is 6.54 Å². The summed E-state index contributed by atoms with van der Waals surface area (Å²) < 4.78 is 5.31. The van der Waals surface area contributed by atoms with Crippen LogP contribution in [0.2, 0.25) is 0 Å². The van der Waals surface area contributed by atoms with Crippen LogP contribution < -0.4 is 10.3 Å². The Morgan fingerprint density at radius 1 is 1.35 bits per heavy atom. The van der Waals surface area contributed by atoms with Crippen molar-refractivity contribution >= 4 is 5.69 Å². The molecule has 0 spiro atoms. The van der Waals surface area contributed by atoms with E-state index in [0.717, 1.165) is 32.2 Å². The fourth-order valence-corrected chi connectivity index (χ4v) is 3.09. The van der Waals surface area contributed by atoms with Crippen LogP contribution in [0.1, 0.15) is 18.6 Å².